The maximum Gasteiger partial charge on any atom is 0.326 e. The maximum atomic E-state index is 15.0. The fourth-order valence-electron chi connectivity index (χ4n) is 15.2. The maximum absolute atomic E-state index is 15.0. The number of primary amides is 2. The van der Waals surface area contributed by atoms with E-state index in [9.17, 15) is 96.8 Å². The van der Waals surface area contributed by atoms with E-state index in [1.54, 1.807) is 105 Å². The van der Waals surface area contributed by atoms with Crippen LogP contribution in [0, 0.1) is 5.92 Å². The summed E-state index contributed by atoms with van der Waals surface area (Å²) < 4.78 is -1.49. The molecule has 0 unspecified atom stereocenters. The number of aliphatic carboxylic acids is 1. The van der Waals surface area contributed by atoms with Crippen molar-refractivity contribution in [3.05, 3.63) is 156 Å². The van der Waals surface area contributed by atoms with E-state index in [0.717, 1.165) is 11.8 Å². The standard InChI is InChI=1S/C91H126N24O22S2/c1-49(2)36-59(80(127)110-65(40-54-27-29-56(117)30-28-54)88(135)115-35-16-25-67(115)85(132)111-66(47-138)84(131)109-64(42-70(94)119)78(125)101-46-73(122)114-34-17-26-68(114)89(136)137)103-71(120)44-99-77(124)60(37-51-18-9-6-10-19-51)106-81(128)61(38-52-20-11-7-12-21-52)108-82(129)63(41-55-43-97-48-102-55)104-72(121)45-100-86(133)74(50(3)116)112-87(134)75(91(4,5)139)113-83(130)62(39-53-22-13-8-14-23-53)107-79(126)58(24-15-33-98-90(95)96)105-76(123)57(92)31-32-69(93)118/h6-14,18-23,27-30,43,48-50,57-68,74-75,116-117,138-139H,15-17,24-26,31-42,44-47,92H2,1-5H3,(H2,93,118)(H2,94,119)(H,97,102)(H,99,124)(H,100,133)(H,101,125)(H,103,120)(H,104,121)(H,105,123)(H,106,128)(H,107,126)(H,108,129)(H,109,131)(H,110,127)(H,111,132)(H,112,134)(H,113,130)(H,136,137)(H4,95,96,98)/t50-,57+,58+,59+,60-,61+,62+,63+,64+,65+,66+,67+,68+,74+,75-/m1/s1. The van der Waals surface area contributed by atoms with Gasteiger partial charge < -0.3 is 133 Å². The number of phenols is 1. The van der Waals surface area contributed by atoms with Gasteiger partial charge in [0.15, 0.2) is 5.96 Å². The summed E-state index contributed by atoms with van der Waals surface area (Å²) in [5.74, 6) is -19.1. The Hall–Kier alpha value is -14.3. The van der Waals surface area contributed by atoms with Crippen LogP contribution < -0.4 is 103 Å². The molecule has 5 aromatic rings. The second-order valence-corrected chi connectivity index (χ2v) is 36.2. The van der Waals surface area contributed by atoms with Crippen molar-refractivity contribution >= 4 is 144 Å². The van der Waals surface area contributed by atoms with Gasteiger partial charge in [0.05, 0.1) is 44.5 Å². The molecule has 7 rings (SSSR count). The summed E-state index contributed by atoms with van der Waals surface area (Å²) in [6, 6.07) is 9.92. The van der Waals surface area contributed by atoms with Crippen molar-refractivity contribution in [1.82, 2.24) is 94.2 Å². The van der Waals surface area contributed by atoms with E-state index in [4.69, 9.17) is 28.7 Å². The topological polar surface area (TPSA) is 731 Å². The van der Waals surface area contributed by atoms with Crippen LogP contribution in [0.4, 0.5) is 0 Å². The van der Waals surface area contributed by atoms with Crippen molar-refractivity contribution in [2.45, 2.75) is 226 Å². The lowest BCUT2D eigenvalue weighted by atomic mass is 9.99. The summed E-state index contributed by atoms with van der Waals surface area (Å²) in [5, 5.41) is 66.5. The Morgan fingerprint density at radius 1 is 0.496 bits per heavy atom. The number of aliphatic imine (C=N–C) groups is 1. The van der Waals surface area contributed by atoms with E-state index >= 15 is 9.59 Å². The zero-order valence-corrected chi connectivity index (χ0v) is 79.4. The molecule has 2 saturated heterocycles. The number of likely N-dealkylation sites (tertiary alicyclic amines) is 2. The molecule has 139 heavy (non-hydrogen) atoms. The molecule has 754 valence electrons. The number of nitrogens with one attached hydrogen (secondary N) is 15. The third-order valence-corrected chi connectivity index (χ3v) is 23.1. The first-order valence-corrected chi connectivity index (χ1v) is 46.2. The number of carbonyl (C=O) groups is 19. The van der Waals surface area contributed by atoms with Crippen molar-refractivity contribution in [2.75, 3.05) is 45.0 Å². The number of benzene rings is 4. The van der Waals surface area contributed by atoms with Gasteiger partial charge in [-0.05, 0) is 112 Å². The largest absolute Gasteiger partial charge is 0.508 e. The van der Waals surface area contributed by atoms with E-state index in [1.165, 1.54) is 55.5 Å². The number of carboxylic acids is 1. The summed E-state index contributed by atoms with van der Waals surface area (Å²) in [6.07, 6.45) is -0.537. The zero-order valence-electron chi connectivity index (χ0n) is 77.6. The molecule has 3 heterocycles. The Balaban J connectivity index is 1.03. The predicted molar refractivity (Wildman–Crippen MR) is 510 cm³/mol. The Kier molecular flexibility index (Phi) is 44.4. The second kappa shape index (κ2) is 55.2. The number of aliphatic hydroxyl groups is 1. The van der Waals surface area contributed by atoms with Crippen LogP contribution in [0.3, 0.4) is 0 Å². The van der Waals surface area contributed by atoms with Gasteiger partial charge in [0, 0.05) is 80.5 Å². The first-order chi connectivity index (χ1) is 65.9. The normalized spacial score (nSPS) is 16.2. The summed E-state index contributed by atoms with van der Waals surface area (Å²) >= 11 is 8.86. The molecule has 48 heteroatoms. The smallest absolute Gasteiger partial charge is 0.326 e. The van der Waals surface area contributed by atoms with Gasteiger partial charge in [-0.3, -0.25) is 91.3 Å². The number of guanidine groups is 1. The summed E-state index contributed by atoms with van der Waals surface area (Å²) in [7, 11) is 0. The number of thiol groups is 2. The predicted octanol–water partition coefficient (Wildman–Crippen LogP) is -6.04. The molecular formula is C91H126N24O22S2. The highest BCUT2D eigenvalue weighted by Crippen LogP contribution is 2.24. The molecule has 0 bridgehead atoms. The molecule has 4 aromatic carbocycles. The molecule has 0 radical (unpaired) electrons. The second-order valence-electron chi connectivity index (χ2n) is 34.7. The Labute approximate surface area is 812 Å². The van der Waals surface area contributed by atoms with E-state index in [0.29, 0.717) is 34.4 Å². The Morgan fingerprint density at radius 2 is 0.950 bits per heavy atom. The minimum absolute atomic E-state index is 0.0261. The average Bonchev–Trinajstić information content (AvgIpc) is 1.68. The monoisotopic (exact) mass is 1970 g/mol. The Morgan fingerprint density at radius 3 is 1.45 bits per heavy atom. The minimum atomic E-state index is -1.86. The molecule has 2 aliphatic heterocycles. The molecule has 1 aromatic heterocycles. The van der Waals surface area contributed by atoms with Crippen LogP contribution in [-0.2, 0) is 123 Å². The van der Waals surface area contributed by atoms with Gasteiger partial charge in [0.1, 0.15) is 84.3 Å². The van der Waals surface area contributed by atoms with Crippen LogP contribution >= 0.6 is 25.3 Å². The SMILES string of the molecule is CC(C)C[C@H](NC(=O)CNC(=O)[C@@H](Cc1ccccc1)NC(=O)[C@H](Cc1ccccc1)NC(=O)[C@H](Cc1cnc[nH]1)NC(=O)CNC(=O)[C@@H](NC(=O)[C@@H](NC(=O)[C@H](Cc1ccccc1)NC(=O)[C@H](CCCN=C(N)N)NC(=O)[C@@H](N)CCC(N)=O)C(C)(C)S)[C@@H](C)O)C(=O)N[C@@H](Cc1ccc(O)cc1)C(=O)N1CCC[C@H]1C(=O)N[C@@H](CS)C(=O)N[C@@H](CC(N)=O)C(=O)NCC(=O)N1CCC[C@H]1C(=O)O. The number of amides is 18. The molecule has 15 atom stereocenters. The fraction of sp³-hybridized carbons (Fsp3) is 0.484. The molecule has 2 aliphatic rings. The number of aromatic nitrogens is 2. The number of aliphatic hydroxyl groups excluding tert-OH is 1. The van der Waals surface area contributed by atoms with Gasteiger partial charge in [0.25, 0.3) is 0 Å². The molecule has 0 aliphatic carbocycles. The van der Waals surface area contributed by atoms with Gasteiger partial charge in [-0.15, -0.1) is 0 Å². The van der Waals surface area contributed by atoms with Gasteiger partial charge in [-0.25, -0.2) is 9.78 Å². The number of nitrogens with two attached hydrogens (primary N) is 5. The lowest BCUT2D eigenvalue weighted by molar-refractivity contribution is -0.148. The Bertz CT molecular complexity index is 5120. The van der Waals surface area contributed by atoms with Crippen molar-refractivity contribution in [2.24, 2.45) is 39.6 Å². The summed E-state index contributed by atoms with van der Waals surface area (Å²) in [6.45, 7) is 5.20. The number of carboxylic acid groups (broad SMARTS) is 1. The molecule has 0 spiro atoms. The quantitative estimate of drug-likeness (QED) is 0.00746. The third kappa shape index (κ3) is 37.3. The average molecular weight is 1970 g/mol. The van der Waals surface area contributed by atoms with Crippen LogP contribution in [0.25, 0.3) is 0 Å². The first kappa shape index (κ1) is 112. The molecule has 46 nitrogen and oxygen atoms in total. The molecule has 2 fully saturated rings. The number of hydrogen-bond donors (Lipinski definition) is 25. The zero-order chi connectivity index (χ0) is 102. The summed E-state index contributed by atoms with van der Waals surface area (Å²) in [4.78, 5) is 277. The highest BCUT2D eigenvalue weighted by Gasteiger charge is 2.44. The summed E-state index contributed by atoms with van der Waals surface area (Å²) in [5.41, 5.74) is 30.0. The fourth-order valence-corrected chi connectivity index (χ4v) is 15.6. The van der Waals surface area contributed by atoms with E-state index in [-0.39, 0.29) is 121 Å². The van der Waals surface area contributed by atoms with Gasteiger partial charge in [0.2, 0.25) is 106 Å². The number of hydrogen-bond acceptors (Lipinski definition) is 26. The van der Waals surface area contributed by atoms with Crippen LogP contribution in [0.2, 0.25) is 0 Å². The molecule has 28 N–H and O–H groups in total. The lowest BCUT2D eigenvalue weighted by Crippen LogP contribution is -2.64. The number of rotatable bonds is 55. The third-order valence-electron chi connectivity index (χ3n) is 22.5. The number of imidazole rings is 1. The highest BCUT2D eigenvalue weighted by atomic mass is 32.1. The van der Waals surface area contributed by atoms with Crippen molar-refractivity contribution < 1.29 is 106 Å². The van der Waals surface area contributed by atoms with Gasteiger partial charge in [-0.2, -0.15) is 25.3 Å². The molecule has 0 saturated carbocycles. The van der Waals surface area contributed by atoms with Crippen LogP contribution in [0.5, 0.6) is 5.75 Å². The van der Waals surface area contributed by atoms with Gasteiger partial charge >= 0.3 is 5.97 Å². The number of carbonyl (C=O) groups excluding carboxylic acids is 18. The molecule has 18 amide bonds. The highest BCUT2D eigenvalue weighted by molar-refractivity contribution is 7.81. The van der Waals surface area contributed by atoms with Crippen LogP contribution in [0.1, 0.15) is 127 Å². The van der Waals surface area contributed by atoms with Crippen molar-refractivity contribution in [1.29, 1.82) is 0 Å². The van der Waals surface area contributed by atoms with Crippen LogP contribution in [0.15, 0.2) is 133 Å². The van der Waals surface area contributed by atoms with Crippen molar-refractivity contribution in [3.63, 3.8) is 0 Å². The number of aromatic hydroxyl groups is 1. The first-order valence-electron chi connectivity index (χ1n) is 45.1. The van der Waals surface area contributed by atoms with Gasteiger partial charge in [-0.1, -0.05) is 117 Å². The number of H-pyrrole nitrogens is 1. The van der Waals surface area contributed by atoms with Crippen molar-refractivity contribution in [3.8, 4) is 5.75 Å². The lowest BCUT2D eigenvalue weighted by Gasteiger charge is -2.33. The van der Waals surface area contributed by atoms with E-state index in [2.05, 4.69) is 115 Å². The van der Waals surface area contributed by atoms with E-state index in [1.807, 2.05) is 0 Å². The minimum Gasteiger partial charge on any atom is -0.508 e. The number of nitrogens with zero attached hydrogens (tertiary/aromatic N) is 4. The van der Waals surface area contributed by atoms with Crippen LogP contribution in [-0.4, -0.2) is 294 Å². The number of phenolic OH excluding ortho intramolecular Hbond substituents is 1. The molecular weight excluding hydrogens is 1850 g/mol. The number of aromatic amines is 1. The van der Waals surface area contributed by atoms with E-state index < -0.39 is 240 Å².